The molecule has 0 radical (unpaired) electrons. The Hall–Kier alpha value is -0.590. The molecule has 1 aliphatic rings. The molecule has 1 unspecified atom stereocenters. The highest BCUT2D eigenvalue weighted by atomic mass is 35.5. The first-order chi connectivity index (χ1) is 10.3. The monoisotopic (exact) mass is 399 g/mol. The molecule has 1 heterocycles. The van der Waals surface area contributed by atoms with Crippen molar-refractivity contribution in [2.24, 2.45) is 5.73 Å². The maximum absolute atomic E-state index is 13.1. The van der Waals surface area contributed by atoms with Crippen molar-refractivity contribution in [1.29, 1.82) is 0 Å². The van der Waals surface area contributed by atoms with Crippen molar-refractivity contribution >= 4 is 42.3 Å². The van der Waals surface area contributed by atoms with E-state index in [9.17, 15) is 9.18 Å². The molecule has 3 N–H and O–H groups in total. The lowest BCUT2D eigenvalue weighted by Crippen LogP contribution is -2.55. The Balaban J connectivity index is 0.00000264. The fourth-order valence-corrected chi connectivity index (χ4v) is 2.81. The zero-order valence-electron chi connectivity index (χ0n) is 13.9. The van der Waals surface area contributed by atoms with Crippen LogP contribution in [0.3, 0.4) is 0 Å². The van der Waals surface area contributed by atoms with E-state index < -0.39 is 5.54 Å². The molecule has 1 saturated heterocycles. The van der Waals surface area contributed by atoms with Gasteiger partial charge in [-0.25, -0.2) is 4.39 Å². The number of nitrogens with one attached hydrogen (secondary N) is 1. The average molecular weight is 401 g/mol. The number of nitrogens with two attached hydrogens (primary N) is 1. The first-order valence-electron chi connectivity index (χ1n) is 7.52. The summed E-state index contributed by atoms with van der Waals surface area (Å²) in [6, 6.07) is 4.55. The number of benzene rings is 1. The highest BCUT2D eigenvalue weighted by molar-refractivity contribution is 6.31. The van der Waals surface area contributed by atoms with Crippen LogP contribution in [0.1, 0.15) is 32.3 Å². The van der Waals surface area contributed by atoms with Gasteiger partial charge in [0.25, 0.3) is 0 Å². The number of hydrogen-bond donors (Lipinski definition) is 2. The molecule has 24 heavy (non-hydrogen) atoms. The standard InChI is InChI=1S/C16H23ClFN3O.2ClH/c1-16(2,19)15(22)20-13-4-3-7-21(10-13)9-11-5-6-12(18)8-14(11)17;;/h5-6,8,13H,3-4,7,9-10,19H2,1-2H3,(H,20,22);2*1H. The summed E-state index contributed by atoms with van der Waals surface area (Å²) in [5, 5.41) is 3.44. The Bertz CT molecular complexity index is 552. The van der Waals surface area contributed by atoms with Crippen LogP contribution in [0.25, 0.3) is 0 Å². The molecule has 4 nitrogen and oxygen atoms in total. The summed E-state index contributed by atoms with van der Waals surface area (Å²) in [5.74, 6) is -0.470. The first kappa shape index (κ1) is 23.4. The van der Waals surface area contributed by atoms with Gasteiger partial charge in [0.2, 0.25) is 5.91 Å². The summed E-state index contributed by atoms with van der Waals surface area (Å²) >= 11 is 6.08. The molecule has 1 aromatic rings. The molecule has 138 valence electrons. The summed E-state index contributed by atoms with van der Waals surface area (Å²) in [5.41, 5.74) is 5.83. The van der Waals surface area contributed by atoms with E-state index >= 15 is 0 Å². The maximum Gasteiger partial charge on any atom is 0.239 e. The van der Waals surface area contributed by atoms with Crippen molar-refractivity contribution in [2.75, 3.05) is 13.1 Å². The smallest absolute Gasteiger partial charge is 0.239 e. The third kappa shape index (κ3) is 6.73. The topological polar surface area (TPSA) is 58.4 Å². The summed E-state index contributed by atoms with van der Waals surface area (Å²) in [6.07, 6.45) is 1.93. The number of halogens is 4. The maximum atomic E-state index is 13.1. The third-order valence-corrected chi connectivity index (χ3v) is 4.19. The molecule has 1 aromatic carbocycles. The van der Waals surface area contributed by atoms with Crippen LogP contribution in [-0.4, -0.2) is 35.5 Å². The highest BCUT2D eigenvalue weighted by Gasteiger charge is 2.27. The summed E-state index contributed by atoms with van der Waals surface area (Å²) < 4.78 is 13.1. The average Bonchev–Trinajstić information content (AvgIpc) is 2.41. The number of amides is 1. The molecule has 1 aliphatic heterocycles. The van der Waals surface area contributed by atoms with Gasteiger partial charge in [-0.05, 0) is 50.9 Å². The van der Waals surface area contributed by atoms with Crippen LogP contribution in [0.2, 0.25) is 5.02 Å². The lowest BCUT2D eigenvalue weighted by Gasteiger charge is -2.34. The lowest BCUT2D eigenvalue weighted by molar-refractivity contribution is -0.126. The van der Waals surface area contributed by atoms with Crippen LogP contribution in [0.15, 0.2) is 18.2 Å². The molecule has 0 aliphatic carbocycles. The number of nitrogens with zero attached hydrogens (tertiary/aromatic N) is 1. The van der Waals surface area contributed by atoms with Crippen molar-refractivity contribution in [1.82, 2.24) is 10.2 Å². The molecular formula is C16H25Cl3FN3O. The molecule has 0 spiro atoms. The normalized spacial score (nSPS) is 18.3. The second kappa shape index (κ2) is 9.78. The van der Waals surface area contributed by atoms with Crippen molar-refractivity contribution in [3.8, 4) is 0 Å². The van der Waals surface area contributed by atoms with Gasteiger partial charge < -0.3 is 11.1 Å². The SMILES string of the molecule is CC(C)(N)C(=O)NC1CCCN(Cc2ccc(F)cc2Cl)C1.Cl.Cl. The van der Waals surface area contributed by atoms with Gasteiger partial charge in [-0.1, -0.05) is 17.7 Å². The fourth-order valence-electron chi connectivity index (χ4n) is 2.58. The lowest BCUT2D eigenvalue weighted by atomic mass is 10.0. The van der Waals surface area contributed by atoms with Crippen molar-refractivity contribution in [3.63, 3.8) is 0 Å². The van der Waals surface area contributed by atoms with Crippen LogP contribution in [-0.2, 0) is 11.3 Å². The van der Waals surface area contributed by atoms with Crippen LogP contribution >= 0.6 is 36.4 Å². The summed E-state index contributed by atoms with van der Waals surface area (Å²) in [7, 11) is 0. The Morgan fingerprint density at radius 1 is 1.46 bits per heavy atom. The minimum atomic E-state index is -0.872. The number of likely N-dealkylation sites (tertiary alicyclic amines) is 1. The Morgan fingerprint density at radius 2 is 2.12 bits per heavy atom. The quantitative estimate of drug-likeness (QED) is 0.816. The Labute approximate surface area is 160 Å². The number of rotatable bonds is 4. The molecule has 0 saturated carbocycles. The van der Waals surface area contributed by atoms with Crippen LogP contribution in [0, 0.1) is 5.82 Å². The molecule has 0 bridgehead atoms. The van der Waals surface area contributed by atoms with E-state index in [1.807, 2.05) is 0 Å². The number of carbonyl (C=O) groups excluding carboxylic acids is 1. The minimum Gasteiger partial charge on any atom is -0.351 e. The molecule has 2 rings (SSSR count). The van der Waals surface area contributed by atoms with E-state index in [0.717, 1.165) is 31.5 Å². The van der Waals surface area contributed by atoms with Crippen LogP contribution in [0.5, 0.6) is 0 Å². The van der Waals surface area contributed by atoms with Crippen LogP contribution in [0.4, 0.5) is 4.39 Å². The summed E-state index contributed by atoms with van der Waals surface area (Å²) in [4.78, 5) is 14.2. The van der Waals surface area contributed by atoms with E-state index in [1.54, 1.807) is 19.9 Å². The van der Waals surface area contributed by atoms with Gasteiger partial charge in [0.15, 0.2) is 0 Å². The van der Waals surface area contributed by atoms with E-state index in [2.05, 4.69) is 10.2 Å². The number of carbonyl (C=O) groups is 1. The second-order valence-corrected chi connectivity index (χ2v) is 6.91. The van der Waals surface area contributed by atoms with E-state index in [-0.39, 0.29) is 42.6 Å². The first-order valence-corrected chi connectivity index (χ1v) is 7.89. The van der Waals surface area contributed by atoms with E-state index in [0.29, 0.717) is 11.6 Å². The van der Waals surface area contributed by atoms with Gasteiger partial charge in [0, 0.05) is 24.2 Å². The highest BCUT2D eigenvalue weighted by Crippen LogP contribution is 2.21. The second-order valence-electron chi connectivity index (χ2n) is 6.51. The predicted octanol–water partition coefficient (Wildman–Crippen LogP) is 3.14. The molecule has 0 aromatic heterocycles. The Morgan fingerprint density at radius 3 is 2.71 bits per heavy atom. The molecule has 1 amide bonds. The van der Waals surface area contributed by atoms with Crippen molar-refractivity contribution < 1.29 is 9.18 Å². The van der Waals surface area contributed by atoms with Gasteiger partial charge in [-0.15, -0.1) is 24.8 Å². The number of piperidine rings is 1. The van der Waals surface area contributed by atoms with Crippen molar-refractivity contribution in [2.45, 2.75) is 44.8 Å². The van der Waals surface area contributed by atoms with Gasteiger partial charge in [-0.3, -0.25) is 9.69 Å². The van der Waals surface area contributed by atoms with Gasteiger partial charge >= 0.3 is 0 Å². The Kier molecular flexibility index (Phi) is 9.54. The third-order valence-electron chi connectivity index (χ3n) is 3.84. The zero-order chi connectivity index (χ0) is 16.3. The fraction of sp³-hybridized carbons (Fsp3) is 0.562. The van der Waals surface area contributed by atoms with E-state index in [4.69, 9.17) is 17.3 Å². The van der Waals surface area contributed by atoms with Gasteiger partial charge in [0.1, 0.15) is 5.82 Å². The summed E-state index contributed by atoms with van der Waals surface area (Å²) in [6.45, 7) is 5.72. The molecule has 8 heteroatoms. The molecule has 1 atom stereocenters. The predicted molar refractivity (Wildman–Crippen MR) is 101 cm³/mol. The molecule has 1 fully saturated rings. The minimum absolute atomic E-state index is 0. The largest absolute Gasteiger partial charge is 0.351 e. The zero-order valence-corrected chi connectivity index (χ0v) is 16.2. The van der Waals surface area contributed by atoms with Gasteiger partial charge in [0.05, 0.1) is 5.54 Å². The van der Waals surface area contributed by atoms with Gasteiger partial charge in [-0.2, -0.15) is 0 Å². The van der Waals surface area contributed by atoms with Crippen molar-refractivity contribution in [3.05, 3.63) is 34.6 Å². The number of hydrogen-bond acceptors (Lipinski definition) is 3. The molecular weight excluding hydrogens is 376 g/mol. The van der Waals surface area contributed by atoms with Crippen LogP contribution < -0.4 is 11.1 Å². The van der Waals surface area contributed by atoms with E-state index in [1.165, 1.54) is 12.1 Å².